The highest BCUT2D eigenvalue weighted by Crippen LogP contribution is 2.35. The summed E-state index contributed by atoms with van der Waals surface area (Å²) in [5, 5.41) is 2.08. The van der Waals surface area contributed by atoms with Gasteiger partial charge in [0.05, 0.1) is 11.0 Å². The standard InChI is InChI=1S/C13H10N2O2S/c1-2-8(18-3-1)4-13-14-9-5-11-12(17-7-16-11)6-10(9)15-13/h1-3,5-6H,4,7H2,(H,14,15). The van der Waals surface area contributed by atoms with Gasteiger partial charge in [0, 0.05) is 23.4 Å². The molecule has 0 fully saturated rings. The Bertz CT molecular complexity index is 662. The summed E-state index contributed by atoms with van der Waals surface area (Å²) in [6, 6.07) is 8.04. The SMILES string of the molecule is c1csc(Cc2nc3cc4c(cc3[nH]2)OCO4)c1. The van der Waals surface area contributed by atoms with Crippen molar-refractivity contribution in [2.24, 2.45) is 0 Å². The van der Waals surface area contributed by atoms with E-state index in [1.165, 1.54) is 4.88 Å². The van der Waals surface area contributed by atoms with E-state index in [0.717, 1.165) is 34.8 Å². The Morgan fingerprint density at radius 3 is 3.00 bits per heavy atom. The van der Waals surface area contributed by atoms with Gasteiger partial charge >= 0.3 is 0 Å². The Hall–Kier alpha value is -2.01. The van der Waals surface area contributed by atoms with Crippen LogP contribution in [0.25, 0.3) is 11.0 Å². The molecule has 3 aromatic rings. The lowest BCUT2D eigenvalue weighted by Crippen LogP contribution is -1.93. The number of hydrogen-bond donors (Lipinski definition) is 1. The van der Waals surface area contributed by atoms with Gasteiger partial charge in [-0.2, -0.15) is 0 Å². The van der Waals surface area contributed by atoms with Crippen LogP contribution in [-0.2, 0) is 6.42 Å². The predicted octanol–water partition coefficient (Wildman–Crippen LogP) is 2.94. The lowest BCUT2D eigenvalue weighted by Gasteiger charge is -1.93. The third-order valence-corrected chi connectivity index (χ3v) is 3.82. The zero-order valence-electron chi connectivity index (χ0n) is 9.47. The van der Waals surface area contributed by atoms with Crippen LogP contribution in [0.15, 0.2) is 29.6 Å². The smallest absolute Gasteiger partial charge is 0.231 e. The number of thiophene rings is 1. The van der Waals surface area contributed by atoms with E-state index >= 15 is 0 Å². The number of nitrogens with zero attached hydrogens (tertiary/aromatic N) is 1. The second-order valence-electron chi connectivity index (χ2n) is 4.16. The molecule has 0 unspecified atom stereocenters. The van der Waals surface area contributed by atoms with Crippen molar-refractivity contribution in [3.8, 4) is 11.5 Å². The number of H-pyrrole nitrogens is 1. The van der Waals surface area contributed by atoms with Crippen LogP contribution in [-0.4, -0.2) is 16.8 Å². The number of ether oxygens (including phenoxy) is 2. The van der Waals surface area contributed by atoms with Gasteiger partial charge in [-0.05, 0) is 11.4 Å². The van der Waals surface area contributed by atoms with Crippen molar-refractivity contribution in [3.63, 3.8) is 0 Å². The molecule has 1 aromatic carbocycles. The Balaban J connectivity index is 1.75. The molecule has 4 nitrogen and oxygen atoms in total. The van der Waals surface area contributed by atoms with Crippen LogP contribution in [0.4, 0.5) is 0 Å². The topological polar surface area (TPSA) is 47.1 Å². The van der Waals surface area contributed by atoms with Crippen LogP contribution in [0.3, 0.4) is 0 Å². The van der Waals surface area contributed by atoms with E-state index in [9.17, 15) is 0 Å². The van der Waals surface area contributed by atoms with Crippen LogP contribution in [0.5, 0.6) is 11.5 Å². The fraction of sp³-hybridized carbons (Fsp3) is 0.154. The van der Waals surface area contributed by atoms with Gasteiger partial charge < -0.3 is 14.5 Å². The molecular formula is C13H10N2O2S. The molecule has 1 N–H and O–H groups in total. The number of aromatic amines is 1. The number of hydrogen-bond acceptors (Lipinski definition) is 4. The van der Waals surface area contributed by atoms with Gasteiger partial charge in [-0.3, -0.25) is 0 Å². The molecule has 0 bridgehead atoms. The molecule has 0 atom stereocenters. The monoisotopic (exact) mass is 258 g/mol. The highest BCUT2D eigenvalue weighted by Gasteiger charge is 2.16. The van der Waals surface area contributed by atoms with Crippen molar-refractivity contribution in [2.75, 3.05) is 6.79 Å². The maximum absolute atomic E-state index is 5.35. The molecule has 1 aliphatic heterocycles. The van der Waals surface area contributed by atoms with Gasteiger partial charge in [-0.1, -0.05) is 6.07 Å². The van der Waals surface area contributed by atoms with E-state index in [-0.39, 0.29) is 0 Å². The Morgan fingerprint density at radius 2 is 2.17 bits per heavy atom. The summed E-state index contributed by atoms with van der Waals surface area (Å²) in [4.78, 5) is 9.20. The summed E-state index contributed by atoms with van der Waals surface area (Å²) in [5.41, 5.74) is 1.91. The highest BCUT2D eigenvalue weighted by atomic mass is 32.1. The van der Waals surface area contributed by atoms with E-state index in [4.69, 9.17) is 9.47 Å². The second-order valence-corrected chi connectivity index (χ2v) is 5.19. The lowest BCUT2D eigenvalue weighted by atomic mass is 10.3. The molecule has 3 heterocycles. The van der Waals surface area contributed by atoms with Crippen molar-refractivity contribution in [1.82, 2.24) is 9.97 Å². The van der Waals surface area contributed by atoms with E-state index < -0.39 is 0 Å². The minimum Gasteiger partial charge on any atom is -0.454 e. The van der Waals surface area contributed by atoms with Gasteiger partial charge in [0.25, 0.3) is 0 Å². The van der Waals surface area contributed by atoms with Crippen molar-refractivity contribution in [1.29, 1.82) is 0 Å². The molecule has 0 saturated heterocycles. The number of rotatable bonds is 2. The molecule has 90 valence electrons. The maximum atomic E-state index is 5.35. The fourth-order valence-electron chi connectivity index (χ4n) is 2.11. The minimum absolute atomic E-state index is 0.296. The summed E-state index contributed by atoms with van der Waals surface area (Å²) in [6.07, 6.45) is 0.832. The Morgan fingerprint density at radius 1 is 1.28 bits per heavy atom. The third-order valence-electron chi connectivity index (χ3n) is 2.95. The van der Waals surface area contributed by atoms with Crippen molar-refractivity contribution >= 4 is 22.4 Å². The lowest BCUT2D eigenvalue weighted by molar-refractivity contribution is 0.174. The quantitative estimate of drug-likeness (QED) is 0.768. The van der Waals surface area contributed by atoms with Crippen LogP contribution in [0.1, 0.15) is 10.7 Å². The predicted molar refractivity (Wildman–Crippen MR) is 69.3 cm³/mol. The summed E-state index contributed by atoms with van der Waals surface area (Å²) >= 11 is 1.74. The van der Waals surface area contributed by atoms with E-state index in [0.29, 0.717) is 6.79 Å². The number of benzene rings is 1. The van der Waals surface area contributed by atoms with Crippen molar-refractivity contribution < 1.29 is 9.47 Å². The highest BCUT2D eigenvalue weighted by molar-refractivity contribution is 7.09. The first-order valence-electron chi connectivity index (χ1n) is 5.69. The van der Waals surface area contributed by atoms with Gasteiger partial charge in [0.2, 0.25) is 6.79 Å². The molecule has 18 heavy (non-hydrogen) atoms. The molecular weight excluding hydrogens is 248 g/mol. The first-order valence-corrected chi connectivity index (χ1v) is 6.57. The zero-order valence-corrected chi connectivity index (χ0v) is 10.3. The average Bonchev–Trinajstić information content (AvgIpc) is 3.04. The molecule has 1 aliphatic rings. The van der Waals surface area contributed by atoms with Gasteiger partial charge in [-0.15, -0.1) is 11.3 Å². The summed E-state index contributed by atoms with van der Waals surface area (Å²) < 4.78 is 10.7. The van der Waals surface area contributed by atoms with Crippen LogP contribution >= 0.6 is 11.3 Å². The molecule has 0 aliphatic carbocycles. The van der Waals surface area contributed by atoms with E-state index in [2.05, 4.69) is 27.5 Å². The minimum atomic E-state index is 0.296. The first kappa shape index (κ1) is 9.96. The largest absolute Gasteiger partial charge is 0.454 e. The van der Waals surface area contributed by atoms with Crippen LogP contribution < -0.4 is 9.47 Å². The van der Waals surface area contributed by atoms with Gasteiger partial charge in [0.15, 0.2) is 11.5 Å². The molecule has 0 amide bonds. The second kappa shape index (κ2) is 3.74. The molecule has 0 spiro atoms. The van der Waals surface area contributed by atoms with Crippen LogP contribution in [0.2, 0.25) is 0 Å². The summed E-state index contributed by atoms with van der Waals surface area (Å²) in [7, 11) is 0. The van der Waals surface area contributed by atoms with Gasteiger partial charge in [-0.25, -0.2) is 4.98 Å². The number of imidazole rings is 1. The maximum Gasteiger partial charge on any atom is 0.231 e. The van der Waals surface area contributed by atoms with E-state index in [1.54, 1.807) is 11.3 Å². The van der Waals surface area contributed by atoms with Crippen LogP contribution in [0, 0.1) is 0 Å². The normalized spacial score (nSPS) is 13.3. The zero-order chi connectivity index (χ0) is 11.9. The fourth-order valence-corrected chi connectivity index (χ4v) is 2.82. The van der Waals surface area contributed by atoms with Crippen molar-refractivity contribution in [2.45, 2.75) is 6.42 Å². The summed E-state index contributed by atoms with van der Waals surface area (Å²) in [5.74, 6) is 2.53. The molecule has 2 aromatic heterocycles. The molecule has 0 radical (unpaired) electrons. The van der Waals surface area contributed by atoms with E-state index in [1.807, 2.05) is 12.1 Å². The number of aromatic nitrogens is 2. The Kier molecular flexibility index (Phi) is 2.07. The third kappa shape index (κ3) is 1.55. The molecule has 5 heteroatoms. The average molecular weight is 258 g/mol. The molecule has 0 saturated carbocycles. The number of nitrogens with one attached hydrogen (secondary N) is 1. The van der Waals surface area contributed by atoms with Gasteiger partial charge in [0.1, 0.15) is 5.82 Å². The Labute approximate surface area is 107 Å². The first-order chi connectivity index (χ1) is 8.88. The number of fused-ring (bicyclic) bond motifs is 2. The van der Waals surface area contributed by atoms with Crippen molar-refractivity contribution in [3.05, 3.63) is 40.3 Å². The molecule has 4 rings (SSSR count). The summed E-state index contributed by atoms with van der Waals surface area (Å²) in [6.45, 7) is 0.296.